The molecule has 0 unspecified atom stereocenters. The molecule has 27 heavy (non-hydrogen) atoms. The number of ether oxygens (including phenoxy) is 1. The van der Waals surface area contributed by atoms with Gasteiger partial charge in [0.2, 0.25) is 0 Å². The summed E-state index contributed by atoms with van der Waals surface area (Å²) in [5.41, 5.74) is 2.31. The predicted octanol–water partition coefficient (Wildman–Crippen LogP) is 3.90. The maximum Gasteiger partial charge on any atom is 0.339 e. The second kappa shape index (κ2) is 10.2. The molecule has 0 aliphatic heterocycles. The first-order chi connectivity index (χ1) is 12.9. The number of aryl methyl sites for hydroxylation is 2. The van der Waals surface area contributed by atoms with Crippen LogP contribution in [0.3, 0.4) is 0 Å². The summed E-state index contributed by atoms with van der Waals surface area (Å²) in [6, 6.07) is 7.21. The summed E-state index contributed by atoms with van der Waals surface area (Å²) in [7, 11) is 0. The molecular weight excluding hydrogens is 364 g/mol. The minimum atomic E-state index is -0.504. The van der Waals surface area contributed by atoms with E-state index in [9.17, 15) is 9.59 Å². The van der Waals surface area contributed by atoms with Crippen LogP contribution >= 0.6 is 11.8 Å². The SMILES string of the molecule is Cc1noc(C)c1CSc1ccccc1C(=O)OCC(=O)NCCC(C)C. The van der Waals surface area contributed by atoms with E-state index < -0.39 is 5.97 Å². The Morgan fingerprint density at radius 3 is 2.67 bits per heavy atom. The Morgan fingerprint density at radius 2 is 2.00 bits per heavy atom. The predicted molar refractivity (Wildman–Crippen MR) is 105 cm³/mol. The highest BCUT2D eigenvalue weighted by Crippen LogP contribution is 2.29. The quantitative estimate of drug-likeness (QED) is 0.516. The zero-order chi connectivity index (χ0) is 19.8. The third kappa shape index (κ3) is 6.43. The lowest BCUT2D eigenvalue weighted by Crippen LogP contribution is -2.30. The molecule has 0 spiro atoms. The number of nitrogens with one attached hydrogen (secondary N) is 1. The highest BCUT2D eigenvalue weighted by Gasteiger charge is 2.16. The van der Waals surface area contributed by atoms with Gasteiger partial charge in [0.1, 0.15) is 5.76 Å². The van der Waals surface area contributed by atoms with Gasteiger partial charge in [0, 0.05) is 22.8 Å². The van der Waals surface area contributed by atoms with Gasteiger partial charge in [0.05, 0.1) is 11.3 Å². The first-order valence-corrected chi connectivity index (χ1v) is 9.94. The van der Waals surface area contributed by atoms with Crippen LogP contribution in [0.1, 0.15) is 47.6 Å². The zero-order valence-electron chi connectivity index (χ0n) is 16.2. The average Bonchev–Trinajstić information content (AvgIpc) is 2.96. The van der Waals surface area contributed by atoms with Crippen LogP contribution in [0, 0.1) is 19.8 Å². The van der Waals surface area contributed by atoms with E-state index in [2.05, 4.69) is 24.3 Å². The van der Waals surface area contributed by atoms with Crippen molar-refractivity contribution in [3.05, 3.63) is 46.8 Å². The minimum Gasteiger partial charge on any atom is -0.452 e. The van der Waals surface area contributed by atoms with Crippen molar-refractivity contribution in [1.82, 2.24) is 10.5 Å². The molecule has 7 heteroatoms. The maximum absolute atomic E-state index is 12.4. The summed E-state index contributed by atoms with van der Waals surface area (Å²) < 4.78 is 10.4. The fraction of sp³-hybridized carbons (Fsp3) is 0.450. The van der Waals surface area contributed by atoms with Crippen LogP contribution in [0.25, 0.3) is 0 Å². The first kappa shape index (κ1) is 21.0. The van der Waals surface area contributed by atoms with E-state index in [-0.39, 0.29) is 12.5 Å². The number of esters is 1. The molecular formula is C20H26N2O4S. The smallest absolute Gasteiger partial charge is 0.339 e. The molecule has 2 aromatic rings. The van der Waals surface area contributed by atoms with Crippen LogP contribution in [-0.4, -0.2) is 30.2 Å². The summed E-state index contributed by atoms with van der Waals surface area (Å²) in [4.78, 5) is 25.0. The number of amides is 1. The highest BCUT2D eigenvalue weighted by atomic mass is 32.2. The normalized spacial score (nSPS) is 10.9. The molecule has 0 saturated heterocycles. The monoisotopic (exact) mass is 390 g/mol. The molecule has 1 N–H and O–H groups in total. The van der Waals surface area contributed by atoms with Gasteiger partial charge < -0.3 is 14.6 Å². The number of hydrogen-bond donors (Lipinski definition) is 1. The summed E-state index contributed by atoms with van der Waals surface area (Å²) in [5, 5.41) is 6.70. The van der Waals surface area contributed by atoms with E-state index in [4.69, 9.17) is 9.26 Å². The van der Waals surface area contributed by atoms with Gasteiger partial charge in [0.15, 0.2) is 6.61 Å². The average molecular weight is 391 g/mol. The number of aromatic nitrogens is 1. The van der Waals surface area contributed by atoms with Crippen molar-refractivity contribution in [1.29, 1.82) is 0 Å². The molecule has 0 saturated carbocycles. The van der Waals surface area contributed by atoms with Gasteiger partial charge in [-0.2, -0.15) is 0 Å². The number of carbonyl (C=O) groups excluding carboxylic acids is 2. The van der Waals surface area contributed by atoms with Crippen molar-refractivity contribution in [3.8, 4) is 0 Å². The molecule has 0 fully saturated rings. The standard InChI is InChI=1S/C20H26N2O4S/c1-13(2)9-10-21-19(23)11-25-20(24)16-7-5-6-8-18(16)27-12-17-14(3)22-26-15(17)4/h5-8,13H,9-12H2,1-4H3,(H,21,23). The molecule has 1 aromatic heterocycles. The third-order valence-corrected chi connectivity index (χ3v) is 5.14. The number of thioether (sulfide) groups is 1. The molecule has 6 nitrogen and oxygen atoms in total. The first-order valence-electron chi connectivity index (χ1n) is 8.96. The zero-order valence-corrected chi connectivity index (χ0v) is 17.0. The van der Waals surface area contributed by atoms with Crippen molar-refractivity contribution in [2.75, 3.05) is 13.2 Å². The fourth-order valence-corrected chi connectivity index (χ4v) is 3.57. The van der Waals surface area contributed by atoms with Crippen molar-refractivity contribution in [2.24, 2.45) is 5.92 Å². The second-order valence-corrected chi connectivity index (χ2v) is 7.71. The lowest BCUT2D eigenvalue weighted by atomic mass is 10.1. The van der Waals surface area contributed by atoms with E-state index >= 15 is 0 Å². The van der Waals surface area contributed by atoms with Crippen LogP contribution in [0.2, 0.25) is 0 Å². The Labute approximate surface area is 164 Å². The topological polar surface area (TPSA) is 81.4 Å². The number of nitrogens with zero attached hydrogens (tertiary/aromatic N) is 1. The van der Waals surface area contributed by atoms with Gasteiger partial charge in [-0.05, 0) is 38.3 Å². The number of rotatable bonds is 9. The highest BCUT2D eigenvalue weighted by molar-refractivity contribution is 7.98. The Morgan fingerprint density at radius 1 is 1.26 bits per heavy atom. The molecule has 146 valence electrons. The maximum atomic E-state index is 12.4. The Bertz CT molecular complexity index is 767. The van der Waals surface area contributed by atoms with Crippen LogP contribution in [0.5, 0.6) is 0 Å². The number of hydrogen-bond acceptors (Lipinski definition) is 6. The van der Waals surface area contributed by atoms with Gasteiger partial charge in [-0.25, -0.2) is 4.79 Å². The van der Waals surface area contributed by atoms with Gasteiger partial charge in [-0.3, -0.25) is 4.79 Å². The largest absolute Gasteiger partial charge is 0.452 e. The molecule has 1 amide bonds. The lowest BCUT2D eigenvalue weighted by Gasteiger charge is -2.10. The lowest BCUT2D eigenvalue weighted by molar-refractivity contribution is -0.124. The van der Waals surface area contributed by atoms with E-state index in [1.165, 1.54) is 11.8 Å². The van der Waals surface area contributed by atoms with Crippen molar-refractivity contribution < 1.29 is 18.8 Å². The van der Waals surface area contributed by atoms with E-state index in [0.717, 1.165) is 28.3 Å². The summed E-state index contributed by atoms with van der Waals surface area (Å²) in [6.45, 7) is 8.24. The van der Waals surface area contributed by atoms with E-state index in [1.54, 1.807) is 12.1 Å². The van der Waals surface area contributed by atoms with Crippen LogP contribution in [0.4, 0.5) is 0 Å². The third-order valence-electron chi connectivity index (χ3n) is 4.04. The summed E-state index contributed by atoms with van der Waals surface area (Å²) in [5.74, 6) is 1.13. The van der Waals surface area contributed by atoms with E-state index in [0.29, 0.717) is 23.8 Å². The molecule has 2 rings (SSSR count). The minimum absolute atomic E-state index is 0.278. The molecule has 0 radical (unpaired) electrons. The van der Waals surface area contributed by atoms with Crippen molar-refractivity contribution in [3.63, 3.8) is 0 Å². The van der Waals surface area contributed by atoms with Gasteiger partial charge in [-0.15, -0.1) is 11.8 Å². The molecule has 0 aliphatic carbocycles. The van der Waals surface area contributed by atoms with Crippen LogP contribution in [0.15, 0.2) is 33.7 Å². The number of benzene rings is 1. The van der Waals surface area contributed by atoms with Gasteiger partial charge >= 0.3 is 5.97 Å². The molecule has 0 aliphatic rings. The van der Waals surface area contributed by atoms with Crippen LogP contribution < -0.4 is 5.32 Å². The van der Waals surface area contributed by atoms with E-state index in [1.807, 2.05) is 26.0 Å². The molecule has 1 heterocycles. The van der Waals surface area contributed by atoms with Crippen LogP contribution in [-0.2, 0) is 15.3 Å². The van der Waals surface area contributed by atoms with Crippen molar-refractivity contribution >= 4 is 23.6 Å². The fourth-order valence-electron chi connectivity index (χ4n) is 2.38. The Balaban J connectivity index is 1.92. The molecule has 0 atom stereocenters. The van der Waals surface area contributed by atoms with Crippen molar-refractivity contribution in [2.45, 2.75) is 44.8 Å². The summed E-state index contributed by atoms with van der Waals surface area (Å²) >= 11 is 1.51. The Hall–Kier alpha value is -2.28. The second-order valence-electron chi connectivity index (χ2n) is 6.70. The summed E-state index contributed by atoms with van der Waals surface area (Å²) in [6.07, 6.45) is 0.890. The van der Waals surface area contributed by atoms with Gasteiger partial charge in [0.25, 0.3) is 5.91 Å². The number of carbonyl (C=O) groups is 2. The molecule has 1 aromatic carbocycles. The van der Waals surface area contributed by atoms with Gasteiger partial charge in [-0.1, -0.05) is 31.1 Å². The molecule has 0 bridgehead atoms. The Kier molecular flexibility index (Phi) is 7.91.